The molecule has 0 radical (unpaired) electrons. The first-order valence-corrected chi connectivity index (χ1v) is 9.52. The molecule has 4 amide bonds. The van der Waals surface area contributed by atoms with Gasteiger partial charge in [-0.1, -0.05) is 6.07 Å². The molecule has 168 valence electrons. The van der Waals surface area contributed by atoms with Crippen LogP contribution >= 0.6 is 0 Å². The summed E-state index contributed by atoms with van der Waals surface area (Å²) in [6.07, 6.45) is 0. The topological polar surface area (TPSA) is 122 Å². The van der Waals surface area contributed by atoms with Gasteiger partial charge in [0, 0.05) is 25.7 Å². The Morgan fingerprint density at radius 3 is 2.47 bits per heavy atom. The second kappa shape index (κ2) is 8.61. The largest absolute Gasteiger partial charge is 0.494 e. The van der Waals surface area contributed by atoms with Crippen molar-refractivity contribution in [3.63, 3.8) is 0 Å². The standard InChI is InChI=1S/C21H21FN4O6/c1-21(14-5-7-15(8-6-14)26(30)31)19(28)25(20(29)23-21)12-18(27)24(2)11-13-4-9-17(32-3)16(22)10-13/h4-10H,11-12H2,1-3H3,(H,23,29). The zero-order valence-corrected chi connectivity index (χ0v) is 17.6. The van der Waals surface area contributed by atoms with Crippen LogP contribution in [0.25, 0.3) is 0 Å². The SMILES string of the molecule is COc1ccc(CN(C)C(=O)CN2C(=O)NC(C)(c3ccc([N+](=O)[O-])cc3)C2=O)cc1F. The Hall–Kier alpha value is -4.02. The first-order chi connectivity index (χ1) is 15.1. The summed E-state index contributed by atoms with van der Waals surface area (Å²) in [5.41, 5.74) is -0.771. The van der Waals surface area contributed by atoms with E-state index >= 15 is 0 Å². The minimum Gasteiger partial charge on any atom is -0.494 e. The van der Waals surface area contributed by atoms with Gasteiger partial charge in [0.2, 0.25) is 5.91 Å². The molecule has 2 aromatic rings. The second-order valence-electron chi connectivity index (χ2n) is 7.47. The number of rotatable bonds is 7. The van der Waals surface area contributed by atoms with Gasteiger partial charge >= 0.3 is 6.03 Å². The summed E-state index contributed by atoms with van der Waals surface area (Å²) < 4.78 is 18.7. The maximum absolute atomic E-state index is 13.9. The number of nitro groups is 1. The van der Waals surface area contributed by atoms with Crippen LogP contribution in [0.1, 0.15) is 18.1 Å². The summed E-state index contributed by atoms with van der Waals surface area (Å²) in [5, 5.41) is 13.4. The van der Waals surface area contributed by atoms with E-state index in [0.717, 1.165) is 4.90 Å². The van der Waals surface area contributed by atoms with Crippen molar-refractivity contribution in [1.82, 2.24) is 15.1 Å². The molecule has 0 saturated carbocycles. The van der Waals surface area contributed by atoms with E-state index in [-0.39, 0.29) is 18.0 Å². The molecule has 1 N–H and O–H groups in total. The molecule has 32 heavy (non-hydrogen) atoms. The highest BCUT2D eigenvalue weighted by Crippen LogP contribution is 2.30. The smallest absolute Gasteiger partial charge is 0.325 e. The molecule has 1 aliphatic rings. The van der Waals surface area contributed by atoms with Crippen LogP contribution in [0, 0.1) is 15.9 Å². The van der Waals surface area contributed by atoms with Gasteiger partial charge in [0.15, 0.2) is 11.6 Å². The van der Waals surface area contributed by atoms with Crippen LogP contribution in [0.15, 0.2) is 42.5 Å². The molecule has 11 heteroatoms. The van der Waals surface area contributed by atoms with Gasteiger partial charge in [-0.15, -0.1) is 0 Å². The molecular formula is C21H21FN4O6. The number of methoxy groups -OCH3 is 1. The fourth-order valence-electron chi connectivity index (χ4n) is 3.38. The van der Waals surface area contributed by atoms with Crippen LogP contribution in [0.4, 0.5) is 14.9 Å². The molecule has 1 fully saturated rings. The number of nitrogens with zero attached hydrogens (tertiary/aromatic N) is 3. The van der Waals surface area contributed by atoms with E-state index in [9.17, 15) is 28.9 Å². The Bertz CT molecular complexity index is 1090. The third-order valence-corrected chi connectivity index (χ3v) is 5.29. The Morgan fingerprint density at radius 2 is 1.91 bits per heavy atom. The number of hydrogen-bond donors (Lipinski definition) is 1. The van der Waals surface area contributed by atoms with Gasteiger partial charge in [0.1, 0.15) is 12.1 Å². The number of carbonyl (C=O) groups is 3. The maximum Gasteiger partial charge on any atom is 0.325 e. The fourth-order valence-corrected chi connectivity index (χ4v) is 3.38. The molecule has 1 atom stereocenters. The van der Waals surface area contributed by atoms with E-state index in [1.165, 1.54) is 62.4 Å². The Labute approximate surface area is 182 Å². The minimum absolute atomic E-state index is 0.0585. The Morgan fingerprint density at radius 1 is 1.25 bits per heavy atom. The highest BCUT2D eigenvalue weighted by molar-refractivity contribution is 6.09. The van der Waals surface area contributed by atoms with Crippen LogP contribution in [0.3, 0.4) is 0 Å². The molecule has 1 aliphatic heterocycles. The molecule has 1 unspecified atom stereocenters. The van der Waals surface area contributed by atoms with Crippen molar-refractivity contribution in [3.05, 3.63) is 69.5 Å². The maximum atomic E-state index is 13.9. The summed E-state index contributed by atoms with van der Waals surface area (Å²) in [6, 6.07) is 8.75. The average Bonchev–Trinajstić information content (AvgIpc) is 2.97. The number of non-ortho nitro benzene ring substituents is 1. The minimum atomic E-state index is -1.47. The van der Waals surface area contributed by atoms with Gasteiger partial charge in [-0.25, -0.2) is 9.18 Å². The van der Waals surface area contributed by atoms with Crippen LogP contribution < -0.4 is 10.1 Å². The summed E-state index contributed by atoms with van der Waals surface area (Å²) in [7, 11) is 2.81. The number of halogens is 1. The van der Waals surface area contributed by atoms with Crippen molar-refractivity contribution in [2.75, 3.05) is 20.7 Å². The molecule has 0 spiro atoms. The summed E-state index contributed by atoms with van der Waals surface area (Å²) in [6.45, 7) is 1.01. The van der Waals surface area contributed by atoms with Crippen molar-refractivity contribution in [2.45, 2.75) is 19.0 Å². The van der Waals surface area contributed by atoms with Gasteiger partial charge in [0.25, 0.3) is 11.6 Å². The van der Waals surface area contributed by atoms with E-state index in [4.69, 9.17) is 4.74 Å². The van der Waals surface area contributed by atoms with Gasteiger partial charge < -0.3 is 15.0 Å². The number of hydrogen-bond acceptors (Lipinski definition) is 6. The third kappa shape index (κ3) is 4.22. The van der Waals surface area contributed by atoms with Crippen molar-refractivity contribution in [2.24, 2.45) is 0 Å². The van der Waals surface area contributed by atoms with E-state index in [0.29, 0.717) is 11.1 Å². The summed E-state index contributed by atoms with van der Waals surface area (Å²) in [5.74, 6) is -1.68. The predicted molar refractivity (Wildman–Crippen MR) is 110 cm³/mol. The zero-order valence-electron chi connectivity index (χ0n) is 17.6. The number of urea groups is 1. The molecule has 1 saturated heterocycles. The molecular weight excluding hydrogens is 423 g/mol. The normalized spacial score (nSPS) is 17.8. The number of benzene rings is 2. The third-order valence-electron chi connectivity index (χ3n) is 5.29. The van der Waals surface area contributed by atoms with Crippen LogP contribution in [0.5, 0.6) is 5.75 Å². The van der Waals surface area contributed by atoms with Crippen LogP contribution in [0.2, 0.25) is 0 Å². The first kappa shape index (κ1) is 22.7. The Balaban J connectivity index is 1.70. The molecule has 0 bridgehead atoms. The number of carbonyl (C=O) groups excluding carboxylic acids is 3. The van der Waals surface area contributed by atoms with E-state index < -0.39 is 40.7 Å². The van der Waals surface area contributed by atoms with Gasteiger partial charge in [0.05, 0.1) is 12.0 Å². The molecule has 3 rings (SSSR count). The molecule has 1 heterocycles. The van der Waals surface area contributed by atoms with Crippen molar-refractivity contribution in [1.29, 1.82) is 0 Å². The first-order valence-electron chi connectivity index (χ1n) is 9.52. The number of ether oxygens (including phenoxy) is 1. The molecule has 0 aliphatic carbocycles. The average molecular weight is 444 g/mol. The highest BCUT2D eigenvalue weighted by atomic mass is 19.1. The highest BCUT2D eigenvalue weighted by Gasteiger charge is 2.49. The predicted octanol–water partition coefficient (Wildman–Crippen LogP) is 2.17. The van der Waals surface area contributed by atoms with Gasteiger partial charge in [-0.3, -0.25) is 24.6 Å². The molecule has 2 aromatic carbocycles. The number of amides is 4. The number of nitrogens with one attached hydrogen (secondary N) is 1. The van der Waals surface area contributed by atoms with Gasteiger partial charge in [-0.05, 0) is 42.3 Å². The van der Waals surface area contributed by atoms with Crippen molar-refractivity contribution in [3.8, 4) is 5.75 Å². The number of imide groups is 1. The summed E-state index contributed by atoms with van der Waals surface area (Å²) >= 11 is 0. The number of likely N-dealkylation sites (N-methyl/N-ethyl adjacent to an activating group) is 1. The van der Waals surface area contributed by atoms with Gasteiger partial charge in [-0.2, -0.15) is 0 Å². The quantitative estimate of drug-likeness (QED) is 0.397. The second-order valence-corrected chi connectivity index (χ2v) is 7.47. The monoisotopic (exact) mass is 444 g/mol. The Kier molecular flexibility index (Phi) is 6.10. The lowest BCUT2D eigenvalue weighted by molar-refractivity contribution is -0.384. The van der Waals surface area contributed by atoms with E-state index in [1.807, 2.05) is 0 Å². The van der Waals surface area contributed by atoms with Crippen LogP contribution in [-0.4, -0.2) is 53.3 Å². The van der Waals surface area contributed by atoms with E-state index in [2.05, 4.69) is 5.32 Å². The van der Waals surface area contributed by atoms with Crippen molar-refractivity contribution < 1.29 is 28.4 Å². The number of nitro benzene ring substituents is 1. The lowest BCUT2D eigenvalue weighted by Crippen LogP contribution is -2.43. The van der Waals surface area contributed by atoms with E-state index in [1.54, 1.807) is 6.07 Å². The molecule has 10 nitrogen and oxygen atoms in total. The molecule has 0 aromatic heterocycles. The summed E-state index contributed by atoms with van der Waals surface area (Å²) in [4.78, 5) is 50.3. The zero-order chi connectivity index (χ0) is 23.6. The van der Waals surface area contributed by atoms with Crippen LogP contribution in [-0.2, 0) is 21.7 Å². The lowest BCUT2D eigenvalue weighted by Gasteiger charge is -2.23. The lowest BCUT2D eigenvalue weighted by atomic mass is 9.92. The van der Waals surface area contributed by atoms with Crippen molar-refractivity contribution >= 4 is 23.5 Å². The fraction of sp³-hybridized carbons (Fsp3) is 0.286.